The van der Waals surface area contributed by atoms with E-state index in [0.29, 0.717) is 29.7 Å². The summed E-state index contributed by atoms with van der Waals surface area (Å²) in [5.41, 5.74) is 14.5. The van der Waals surface area contributed by atoms with Gasteiger partial charge in [0.1, 0.15) is 23.3 Å². The van der Waals surface area contributed by atoms with Crippen molar-refractivity contribution in [2.24, 2.45) is 10.7 Å². The number of benzene rings is 1. The van der Waals surface area contributed by atoms with Crippen molar-refractivity contribution in [3.63, 3.8) is 0 Å². The van der Waals surface area contributed by atoms with Gasteiger partial charge in [0.05, 0.1) is 5.69 Å². The van der Waals surface area contributed by atoms with Gasteiger partial charge in [-0.05, 0) is 39.0 Å². The number of nitrogens with zero attached hydrogens (tertiary/aromatic N) is 6. The predicted molar refractivity (Wildman–Crippen MR) is 124 cm³/mol. The summed E-state index contributed by atoms with van der Waals surface area (Å²) < 4.78 is 1.33. The number of nitrogens with two attached hydrogens (primary N) is 2. The van der Waals surface area contributed by atoms with Crippen LogP contribution in [0.3, 0.4) is 0 Å². The van der Waals surface area contributed by atoms with Crippen LogP contribution in [0.5, 0.6) is 0 Å². The Labute approximate surface area is 180 Å². The molecule has 0 aliphatic rings. The lowest BCUT2D eigenvalue weighted by Gasteiger charge is -2.22. The van der Waals surface area contributed by atoms with Crippen LogP contribution in [0.15, 0.2) is 69.7 Å². The molecule has 160 valence electrons. The summed E-state index contributed by atoms with van der Waals surface area (Å²) in [5, 5.41) is 0. The number of hydrogen-bond acceptors (Lipinski definition) is 8. The second-order valence-electron chi connectivity index (χ2n) is 7.19. The third kappa shape index (κ3) is 5.33. The average molecular weight is 419 g/mol. The Balaban J connectivity index is 1.92. The summed E-state index contributed by atoms with van der Waals surface area (Å²) in [6.07, 6.45) is 1.54. The number of nitrogen functional groups attached to an aromatic ring is 1. The predicted octanol–water partition coefficient (Wildman–Crippen LogP) is 2.37. The maximum Gasteiger partial charge on any atom is 0.355 e. The minimum Gasteiger partial charge on any atom is -0.402 e. The van der Waals surface area contributed by atoms with E-state index < -0.39 is 5.69 Å². The average Bonchev–Trinajstić information content (AvgIpc) is 2.71. The lowest BCUT2D eigenvalue weighted by atomic mass is 10.1. The van der Waals surface area contributed by atoms with Crippen molar-refractivity contribution in [1.82, 2.24) is 19.5 Å². The molecule has 0 aliphatic carbocycles. The van der Waals surface area contributed by atoms with Crippen LogP contribution in [0, 0.1) is 6.92 Å². The summed E-state index contributed by atoms with van der Waals surface area (Å²) in [4.78, 5) is 31.5. The fourth-order valence-corrected chi connectivity index (χ4v) is 3.05. The normalized spacial score (nSPS) is 12.5. The topological polar surface area (TPSA) is 128 Å². The number of rotatable bonds is 6. The highest BCUT2D eigenvalue weighted by Crippen LogP contribution is 2.18. The third-order valence-electron chi connectivity index (χ3n) is 4.64. The van der Waals surface area contributed by atoms with Crippen LogP contribution >= 0.6 is 0 Å². The molecule has 1 aromatic carbocycles. The summed E-state index contributed by atoms with van der Waals surface area (Å²) in [5.74, 6) is 1.73. The van der Waals surface area contributed by atoms with Crippen LogP contribution in [0.2, 0.25) is 0 Å². The van der Waals surface area contributed by atoms with Gasteiger partial charge in [0, 0.05) is 42.8 Å². The lowest BCUT2D eigenvalue weighted by Crippen LogP contribution is -2.27. The van der Waals surface area contributed by atoms with E-state index in [9.17, 15) is 4.79 Å². The number of anilines is 2. The van der Waals surface area contributed by atoms with Crippen LogP contribution in [0.25, 0.3) is 5.82 Å². The quantitative estimate of drug-likeness (QED) is 0.588. The monoisotopic (exact) mass is 418 g/mol. The first kappa shape index (κ1) is 21.7. The van der Waals surface area contributed by atoms with Gasteiger partial charge in [-0.3, -0.25) is 9.56 Å². The molecule has 0 radical (unpaired) electrons. The van der Waals surface area contributed by atoms with Gasteiger partial charge in [-0.25, -0.2) is 14.8 Å². The molecule has 0 atom stereocenters. The van der Waals surface area contributed by atoms with Crippen molar-refractivity contribution in [3.8, 4) is 5.82 Å². The first-order valence-electron chi connectivity index (χ1n) is 9.73. The number of hydrogen-bond donors (Lipinski definition) is 2. The van der Waals surface area contributed by atoms with E-state index in [1.54, 1.807) is 25.3 Å². The fourth-order valence-electron chi connectivity index (χ4n) is 3.05. The maximum absolute atomic E-state index is 12.2. The summed E-state index contributed by atoms with van der Waals surface area (Å²) >= 11 is 0. The second kappa shape index (κ2) is 9.21. The lowest BCUT2D eigenvalue weighted by molar-refractivity contribution is 0.850. The molecule has 0 bridgehead atoms. The number of likely N-dealkylation sites (N-methyl/N-ethyl adjacent to an activating group) is 1. The largest absolute Gasteiger partial charge is 0.402 e. The van der Waals surface area contributed by atoms with Crippen LogP contribution in [0.4, 0.5) is 17.3 Å². The molecule has 0 aliphatic heterocycles. The minimum absolute atomic E-state index is 0.158. The first-order chi connectivity index (χ1) is 14.7. The zero-order valence-corrected chi connectivity index (χ0v) is 18.1. The van der Waals surface area contributed by atoms with Gasteiger partial charge >= 0.3 is 5.69 Å². The maximum atomic E-state index is 12.2. The van der Waals surface area contributed by atoms with Gasteiger partial charge in [0.15, 0.2) is 0 Å². The minimum atomic E-state index is -0.504. The van der Waals surface area contributed by atoms with E-state index in [1.165, 1.54) is 4.57 Å². The standard InChI is InChI=1S/C22H26N8O/c1-14(23)18(15(2)25-17-8-6-5-7-9-17)13-29(4)20-12-21(27-16(3)26-20)30-11-10-19(24)28-22(30)31/h5-12H,13,23H2,1-4H3,(H2,24,28,31). The molecular formula is C22H26N8O. The molecular weight excluding hydrogens is 392 g/mol. The van der Waals surface area contributed by atoms with Gasteiger partial charge in [-0.1, -0.05) is 18.2 Å². The van der Waals surface area contributed by atoms with Crippen molar-refractivity contribution in [2.45, 2.75) is 20.8 Å². The van der Waals surface area contributed by atoms with E-state index in [2.05, 4.69) is 19.9 Å². The molecule has 4 N–H and O–H groups in total. The van der Waals surface area contributed by atoms with Crippen LogP contribution in [0.1, 0.15) is 19.7 Å². The van der Waals surface area contributed by atoms with Crippen molar-refractivity contribution < 1.29 is 0 Å². The highest BCUT2D eigenvalue weighted by molar-refractivity contribution is 6.01. The van der Waals surface area contributed by atoms with Crippen molar-refractivity contribution in [2.75, 3.05) is 24.2 Å². The van der Waals surface area contributed by atoms with Crippen molar-refractivity contribution >= 4 is 23.0 Å². The van der Waals surface area contributed by atoms with Crippen LogP contribution < -0.4 is 22.1 Å². The zero-order chi connectivity index (χ0) is 22.5. The fraction of sp³-hybridized carbons (Fsp3) is 0.227. The summed E-state index contributed by atoms with van der Waals surface area (Å²) in [7, 11) is 1.90. The Morgan fingerprint density at radius 2 is 1.84 bits per heavy atom. The SMILES string of the molecule is CC(=Nc1ccccc1)C(CN(C)c1cc(-n2ccc(N)nc2=O)nc(C)n1)=C(C)N. The van der Waals surface area contributed by atoms with Crippen LogP contribution in [-0.2, 0) is 0 Å². The van der Waals surface area contributed by atoms with Crippen molar-refractivity contribution in [1.29, 1.82) is 0 Å². The Morgan fingerprint density at radius 1 is 1.13 bits per heavy atom. The molecule has 31 heavy (non-hydrogen) atoms. The number of aryl methyl sites for hydroxylation is 1. The Bertz CT molecular complexity index is 1190. The van der Waals surface area contributed by atoms with Gasteiger partial charge in [0.2, 0.25) is 0 Å². The van der Waals surface area contributed by atoms with E-state index in [0.717, 1.165) is 17.0 Å². The summed E-state index contributed by atoms with van der Waals surface area (Å²) in [6, 6.07) is 13.0. The van der Waals surface area contributed by atoms with E-state index >= 15 is 0 Å². The molecule has 9 nitrogen and oxygen atoms in total. The second-order valence-corrected chi connectivity index (χ2v) is 7.19. The van der Waals surface area contributed by atoms with Crippen LogP contribution in [-0.4, -0.2) is 38.8 Å². The highest BCUT2D eigenvalue weighted by Gasteiger charge is 2.14. The number of aromatic nitrogens is 4. The van der Waals surface area contributed by atoms with Gasteiger partial charge < -0.3 is 16.4 Å². The Morgan fingerprint density at radius 3 is 2.48 bits per heavy atom. The summed E-state index contributed by atoms with van der Waals surface area (Å²) in [6.45, 7) is 6.03. The molecule has 2 heterocycles. The number of aliphatic imine (C=N–C) groups is 1. The van der Waals surface area contributed by atoms with E-state index in [1.807, 2.05) is 56.1 Å². The van der Waals surface area contributed by atoms with Crippen molar-refractivity contribution in [3.05, 3.63) is 76.2 Å². The number of para-hydroxylation sites is 1. The molecule has 0 amide bonds. The van der Waals surface area contributed by atoms with Gasteiger partial charge in [-0.15, -0.1) is 0 Å². The van der Waals surface area contributed by atoms with Gasteiger partial charge in [-0.2, -0.15) is 4.98 Å². The highest BCUT2D eigenvalue weighted by atomic mass is 16.1. The molecule has 0 saturated carbocycles. The molecule has 0 fully saturated rings. The molecule has 2 aromatic heterocycles. The molecule has 0 spiro atoms. The molecule has 9 heteroatoms. The smallest absolute Gasteiger partial charge is 0.355 e. The first-order valence-corrected chi connectivity index (χ1v) is 9.73. The molecule has 0 saturated heterocycles. The molecule has 3 rings (SSSR count). The molecule has 0 unspecified atom stereocenters. The van der Waals surface area contributed by atoms with Gasteiger partial charge in [0.25, 0.3) is 0 Å². The third-order valence-corrected chi connectivity index (χ3v) is 4.64. The van der Waals surface area contributed by atoms with E-state index in [-0.39, 0.29) is 5.82 Å². The number of allylic oxidation sites excluding steroid dienone is 1. The Kier molecular flexibility index (Phi) is 6.44. The Hall–Kier alpha value is -4.01. The zero-order valence-electron chi connectivity index (χ0n) is 18.1. The van der Waals surface area contributed by atoms with E-state index in [4.69, 9.17) is 11.5 Å². The molecule has 3 aromatic rings.